The standard InChI is InChI=1S/C26H32N2O4/c1-4-5-11-24(27-18-25(29)30-3)20-12-14-22(15-13-20)31-17-16-23-19(2)32-26(28-23)21-9-7-6-8-10-21/h6-10,12-15,24,27H,4-5,11,16-18H2,1-3H3. The van der Waals surface area contributed by atoms with E-state index in [4.69, 9.17) is 13.9 Å². The second-order valence-corrected chi connectivity index (χ2v) is 7.71. The molecule has 3 rings (SSSR count). The Bertz CT molecular complexity index is 967. The second-order valence-electron chi connectivity index (χ2n) is 7.71. The summed E-state index contributed by atoms with van der Waals surface area (Å²) in [5, 5.41) is 3.29. The first kappa shape index (κ1) is 23.5. The SMILES string of the molecule is CCCCC(NCC(=O)OC)c1ccc(OCCc2nc(-c3ccccc3)oc2C)cc1. The third kappa shape index (κ3) is 6.69. The van der Waals surface area contributed by atoms with E-state index in [2.05, 4.69) is 29.4 Å². The van der Waals surface area contributed by atoms with Crippen LogP contribution in [0.15, 0.2) is 59.0 Å². The highest BCUT2D eigenvalue weighted by Gasteiger charge is 2.14. The average Bonchev–Trinajstić information content (AvgIpc) is 3.20. The first-order valence-corrected chi connectivity index (χ1v) is 11.2. The number of nitrogens with zero attached hydrogens (tertiary/aromatic N) is 1. The molecule has 0 saturated heterocycles. The van der Waals surface area contributed by atoms with Crippen molar-refractivity contribution in [3.63, 3.8) is 0 Å². The quantitative estimate of drug-likeness (QED) is 0.390. The number of esters is 1. The van der Waals surface area contributed by atoms with Crippen molar-refractivity contribution in [2.24, 2.45) is 0 Å². The van der Waals surface area contributed by atoms with Crippen LogP contribution < -0.4 is 10.1 Å². The van der Waals surface area contributed by atoms with Gasteiger partial charge in [-0.15, -0.1) is 0 Å². The molecular formula is C26H32N2O4. The third-order valence-electron chi connectivity index (χ3n) is 5.37. The molecule has 0 spiro atoms. The molecule has 1 atom stereocenters. The summed E-state index contributed by atoms with van der Waals surface area (Å²) < 4.78 is 16.5. The number of aromatic nitrogens is 1. The molecule has 0 aliphatic carbocycles. The van der Waals surface area contributed by atoms with Crippen LogP contribution in [0.3, 0.4) is 0 Å². The van der Waals surface area contributed by atoms with Crippen molar-refractivity contribution in [2.45, 2.75) is 45.6 Å². The van der Waals surface area contributed by atoms with Crippen LogP contribution in [-0.4, -0.2) is 31.2 Å². The minimum absolute atomic E-state index is 0.109. The summed E-state index contributed by atoms with van der Waals surface area (Å²) in [4.78, 5) is 16.1. The first-order valence-electron chi connectivity index (χ1n) is 11.2. The Morgan fingerprint density at radius 2 is 1.88 bits per heavy atom. The number of carbonyl (C=O) groups is 1. The molecule has 3 aromatic rings. The maximum absolute atomic E-state index is 11.5. The van der Waals surface area contributed by atoms with Crippen molar-refractivity contribution in [3.8, 4) is 17.2 Å². The number of oxazole rings is 1. The zero-order chi connectivity index (χ0) is 22.8. The number of methoxy groups -OCH3 is 1. The van der Waals surface area contributed by atoms with Gasteiger partial charge in [-0.05, 0) is 43.2 Å². The van der Waals surface area contributed by atoms with E-state index in [9.17, 15) is 4.79 Å². The average molecular weight is 437 g/mol. The van der Waals surface area contributed by atoms with Crippen LogP contribution in [0.1, 0.15) is 49.2 Å². The van der Waals surface area contributed by atoms with Gasteiger partial charge >= 0.3 is 5.97 Å². The third-order valence-corrected chi connectivity index (χ3v) is 5.37. The van der Waals surface area contributed by atoms with Gasteiger partial charge in [0.1, 0.15) is 11.5 Å². The predicted molar refractivity (Wildman–Crippen MR) is 125 cm³/mol. The Morgan fingerprint density at radius 3 is 2.56 bits per heavy atom. The van der Waals surface area contributed by atoms with E-state index in [0.29, 0.717) is 18.9 Å². The smallest absolute Gasteiger partial charge is 0.319 e. The van der Waals surface area contributed by atoms with Gasteiger partial charge in [0.05, 0.1) is 26.0 Å². The fourth-order valence-corrected chi connectivity index (χ4v) is 3.50. The fourth-order valence-electron chi connectivity index (χ4n) is 3.50. The molecule has 0 fully saturated rings. The molecule has 1 heterocycles. The molecule has 0 radical (unpaired) electrons. The lowest BCUT2D eigenvalue weighted by atomic mass is 10.0. The summed E-state index contributed by atoms with van der Waals surface area (Å²) in [7, 11) is 1.40. The molecule has 1 aromatic heterocycles. The molecule has 0 amide bonds. The Balaban J connectivity index is 1.55. The first-order chi connectivity index (χ1) is 15.6. The lowest BCUT2D eigenvalue weighted by Gasteiger charge is -2.19. The van der Waals surface area contributed by atoms with Crippen LogP contribution in [0.5, 0.6) is 5.75 Å². The van der Waals surface area contributed by atoms with Crippen molar-refractivity contribution in [1.82, 2.24) is 10.3 Å². The lowest BCUT2D eigenvalue weighted by molar-refractivity contribution is -0.139. The molecule has 1 unspecified atom stereocenters. The molecule has 0 saturated carbocycles. The van der Waals surface area contributed by atoms with Crippen LogP contribution in [0.25, 0.3) is 11.5 Å². The second kappa shape index (κ2) is 12.1. The highest BCUT2D eigenvalue weighted by molar-refractivity contribution is 5.71. The summed E-state index contributed by atoms with van der Waals surface area (Å²) in [5.74, 6) is 2.00. The maximum atomic E-state index is 11.5. The Labute approximate surface area is 190 Å². The molecule has 2 aromatic carbocycles. The highest BCUT2D eigenvalue weighted by atomic mass is 16.5. The van der Waals surface area contributed by atoms with Crippen molar-refractivity contribution >= 4 is 5.97 Å². The number of nitrogens with one attached hydrogen (secondary N) is 1. The van der Waals surface area contributed by atoms with Gasteiger partial charge in [0.2, 0.25) is 5.89 Å². The molecule has 32 heavy (non-hydrogen) atoms. The van der Waals surface area contributed by atoms with Crippen LogP contribution in [0.2, 0.25) is 0 Å². The van der Waals surface area contributed by atoms with Gasteiger partial charge in [-0.1, -0.05) is 50.1 Å². The van der Waals surface area contributed by atoms with Crippen LogP contribution in [0.4, 0.5) is 0 Å². The van der Waals surface area contributed by atoms with Crippen molar-refractivity contribution < 1.29 is 18.7 Å². The minimum Gasteiger partial charge on any atom is -0.493 e. The number of ether oxygens (including phenoxy) is 2. The molecule has 0 aliphatic rings. The van der Waals surface area contributed by atoms with Crippen LogP contribution in [-0.2, 0) is 16.0 Å². The predicted octanol–water partition coefficient (Wildman–Crippen LogP) is 5.27. The van der Waals surface area contributed by atoms with Gasteiger partial charge in [0, 0.05) is 18.0 Å². The molecule has 0 aliphatic heterocycles. The van der Waals surface area contributed by atoms with E-state index < -0.39 is 0 Å². The van der Waals surface area contributed by atoms with Crippen LogP contribution >= 0.6 is 0 Å². The number of unbranched alkanes of at least 4 members (excludes halogenated alkanes) is 1. The normalized spacial score (nSPS) is 11.8. The molecule has 6 heteroatoms. The van der Waals surface area contributed by atoms with Crippen molar-refractivity contribution in [3.05, 3.63) is 71.6 Å². The topological polar surface area (TPSA) is 73.6 Å². The molecule has 6 nitrogen and oxygen atoms in total. The van der Waals surface area contributed by atoms with E-state index in [1.54, 1.807) is 0 Å². The Morgan fingerprint density at radius 1 is 1.12 bits per heavy atom. The summed E-state index contributed by atoms with van der Waals surface area (Å²) in [5.41, 5.74) is 3.01. The summed E-state index contributed by atoms with van der Waals surface area (Å²) in [6, 6.07) is 18.0. The van der Waals surface area contributed by atoms with E-state index in [1.807, 2.05) is 49.4 Å². The Hall–Kier alpha value is -3.12. The monoisotopic (exact) mass is 436 g/mol. The van der Waals surface area contributed by atoms with Gasteiger partial charge < -0.3 is 19.2 Å². The number of rotatable bonds is 12. The van der Waals surface area contributed by atoms with Crippen molar-refractivity contribution in [1.29, 1.82) is 0 Å². The van der Waals surface area contributed by atoms with Gasteiger partial charge in [0.15, 0.2) is 0 Å². The molecule has 170 valence electrons. The van der Waals surface area contributed by atoms with E-state index in [-0.39, 0.29) is 18.6 Å². The lowest BCUT2D eigenvalue weighted by Crippen LogP contribution is -2.28. The molecule has 1 N–H and O–H groups in total. The number of hydrogen-bond donors (Lipinski definition) is 1. The van der Waals surface area contributed by atoms with Gasteiger partial charge in [0.25, 0.3) is 0 Å². The van der Waals surface area contributed by atoms with Gasteiger partial charge in [-0.25, -0.2) is 4.98 Å². The number of hydrogen-bond acceptors (Lipinski definition) is 6. The van der Waals surface area contributed by atoms with Gasteiger partial charge in [-0.3, -0.25) is 4.79 Å². The van der Waals surface area contributed by atoms with E-state index in [0.717, 1.165) is 47.6 Å². The Kier molecular flexibility index (Phi) is 8.87. The van der Waals surface area contributed by atoms with Crippen LogP contribution in [0, 0.1) is 6.92 Å². The molecule has 0 bridgehead atoms. The number of aryl methyl sites for hydroxylation is 1. The fraction of sp³-hybridized carbons (Fsp3) is 0.385. The van der Waals surface area contributed by atoms with Crippen molar-refractivity contribution in [2.75, 3.05) is 20.3 Å². The molecular weight excluding hydrogens is 404 g/mol. The maximum Gasteiger partial charge on any atom is 0.319 e. The van der Waals surface area contributed by atoms with Gasteiger partial charge in [-0.2, -0.15) is 0 Å². The number of carbonyl (C=O) groups excluding carboxylic acids is 1. The zero-order valence-corrected chi connectivity index (χ0v) is 19.1. The summed E-state index contributed by atoms with van der Waals surface area (Å²) >= 11 is 0. The highest BCUT2D eigenvalue weighted by Crippen LogP contribution is 2.24. The van der Waals surface area contributed by atoms with E-state index >= 15 is 0 Å². The number of benzene rings is 2. The van der Waals surface area contributed by atoms with E-state index in [1.165, 1.54) is 7.11 Å². The summed E-state index contributed by atoms with van der Waals surface area (Å²) in [6.45, 7) is 4.81. The zero-order valence-electron chi connectivity index (χ0n) is 19.1. The summed E-state index contributed by atoms with van der Waals surface area (Å²) in [6.07, 6.45) is 3.82. The largest absolute Gasteiger partial charge is 0.493 e. The minimum atomic E-state index is -0.259.